The maximum Gasteiger partial charge on any atom is 0.246 e. The number of rotatable bonds is 3. The summed E-state index contributed by atoms with van der Waals surface area (Å²) in [6, 6.07) is 15.7. The number of aryl methyl sites for hydroxylation is 1. The first kappa shape index (κ1) is 18.0. The van der Waals surface area contributed by atoms with Gasteiger partial charge in [-0.3, -0.25) is 9.59 Å². The Morgan fingerprint density at radius 2 is 1.83 bits per heavy atom. The van der Waals surface area contributed by atoms with Gasteiger partial charge in [-0.2, -0.15) is 0 Å². The molecule has 2 unspecified atom stereocenters. The molecular formula is C24H25N3O2. The number of amides is 2. The summed E-state index contributed by atoms with van der Waals surface area (Å²) in [4.78, 5) is 33.8. The molecule has 1 saturated heterocycles. The van der Waals surface area contributed by atoms with Crippen LogP contribution in [0.15, 0.2) is 48.5 Å². The van der Waals surface area contributed by atoms with E-state index in [0.29, 0.717) is 13.0 Å². The van der Waals surface area contributed by atoms with Gasteiger partial charge in [0.15, 0.2) is 0 Å². The van der Waals surface area contributed by atoms with Crippen LogP contribution in [0.2, 0.25) is 0 Å². The number of piperazine rings is 1. The van der Waals surface area contributed by atoms with Crippen LogP contribution in [0, 0.1) is 6.92 Å². The number of fused-ring (bicyclic) bond motifs is 4. The maximum absolute atomic E-state index is 13.3. The van der Waals surface area contributed by atoms with Gasteiger partial charge in [0.2, 0.25) is 11.8 Å². The van der Waals surface area contributed by atoms with Gasteiger partial charge in [0.1, 0.15) is 6.04 Å². The number of para-hydroxylation sites is 1. The lowest BCUT2D eigenvalue weighted by Gasteiger charge is -2.47. The van der Waals surface area contributed by atoms with Crippen molar-refractivity contribution >= 4 is 22.7 Å². The predicted molar refractivity (Wildman–Crippen MR) is 113 cm³/mol. The predicted octanol–water partition coefficient (Wildman–Crippen LogP) is 3.57. The second kappa shape index (κ2) is 6.76. The molecule has 2 aromatic carbocycles. The van der Waals surface area contributed by atoms with Crippen molar-refractivity contribution in [2.75, 3.05) is 13.1 Å². The number of H-pyrrole nitrogens is 1. The number of nitrogens with zero attached hydrogens (tertiary/aromatic N) is 2. The molecule has 5 rings (SSSR count). The summed E-state index contributed by atoms with van der Waals surface area (Å²) in [5.74, 6) is 0.0987. The lowest BCUT2D eigenvalue weighted by Crippen LogP contribution is -2.63. The van der Waals surface area contributed by atoms with Gasteiger partial charge in [-0.25, -0.2) is 0 Å². The van der Waals surface area contributed by atoms with Crippen LogP contribution >= 0.6 is 0 Å². The highest BCUT2D eigenvalue weighted by molar-refractivity contribution is 5.97. The summed E-state index contributed by atoms with van der Waals surface area (Å²) in [5, 5.41) is 1.15. The van der Waals surface area contributed by atoms with Gasteiger partial charge in [0.05, 0.1) is 12.6 Å². The van der Waals surface area contributed by atoms with Crippen molar-refractivity contribution in [2.24, 2.45) is 0 Å². The van der Waals surface area contributed by atoms with Gasteiger partial charge in [-0.05, 0) is 36.1 Å². The number of carbonyl (C=O) groups excluding carboxylic acids is 2. The Bertz CT molecular complexity index is 1120. The Morgan fingerprint density at radius 1 is 1.07 bits per heavy atom. The highest BCUT2D eigenvalue weighted by Crippen LogP contribution is 2.43. The van der Waals surface area contributed by atoms with Gasteiger partial charge in [-0.15, -0.1) is 0 Å². The number of aromatic amines is 1. The third kappa shape index (κ3) is 2.68. The molecule has 3 aromatic rings. The van der Waals surface area contributed by atoms with Crippen molar-refractivity contribution < 1.29 is 9.59 Å². The number of hydrogen-bond acceptors (Lipinski definition) is 2. The highest BCUT2D eigenvalue weighted by atomic mass is 16.2. The van der Waals surface area contributed by atoms with Crippen LogP contribution in [0.5, 0.6) is 0 Å². The van der Waals surface area contributed by atoms with Crippen molar-refractivity contribution in [3.63, 3.8) is 0 Å². The second-order valence-corrected chi connectivity index (χ2v) is 8.10. The van der Waals surface area contributed by atoms with Crippen LogP contribution in [-0.2, 0) is 16.0 Å². The van der Waals surface area contributed by atoms with Crippen molar-refractivity contribution in [3.05, 3.63) is 70.9 Å². The van der Waals surface area contributed by atoms with Crippen molar-refractivity contribution in [1.29, 1.82) is 0 Å². The molecule has 2 aliphatic rings. The number of hydrogen-bond donors (Lipinski definition) is 1. The molecule has 1 N–H and O–H groups in total. The topological polar surface area (TPSA) is 56.4 Å². The monoisotopic (exact) mass is 387 g/mol. The zero-order chi connectivity index (χ0) is 20.1. The highest BCUT2D eigenvalue weighted by Gasteiger charge is 2.48. The van der Waals surface area contributed by atoms with E-state index in [2.05, 4.69) is 36.2 Å². The van der Waals surface area contributed by atoms with Crippen molar-refractivity contribution in [1.82, 2.24) is 14.8 Å². The van der Waals surface area contributed by atoms with Gasteiger partial charge in [-0.1, -0.05) is 49.4 Å². The Hall–Kier alpha value is -3.08. The van der Waals surface area contributed by atoms with Crippen molar-refractivity contribution in [2.45, 2.75) is 38.8 Å². The number of benzene rings is 2. The Labute approximate surface area is 170 Å². The van der Waals surface area contributed by atoms with Crippen LogP contribution in [0.1, 0.15) is 41.8 Å². The lowest BCUT2D eigenvalue weighted by atomic mass is 9.85. The van der Waals surface area contributed by atoms with E-state index >= 15 is 0 Å². The summed E-state index contributed by atoms with van der Waals surface area (Å²) < 4.78 is 0. The Kier molecular flexibility index (Phi) is 4.19. The normalized spacial score (nSPS) is 21.4. The van der Waals surface area contributed by atoms with Crippen molar-refractivity contribution in [3.8, 4) is 0 Å². The zero-order valence-corrected chi connectivity index (χ0v) is 16.8. The summed E-state index contributed by atoms with van der Waals surface area (Å²) >= 11 is 0. The van der Waals surface area contributed by atoms with Crippen LogP contribution in [0.3, 0.4) is 0 Å². The summed E-state index contributed by atoms with van der Waals surface area (Å²) in [6.45, 7) is 4.91. The molecule has 5 nitrogen and oxygen atoms in total. The SMILES string of the molecule is CCCN1CC(=O)N2C(Cc3c([nH]c4ccccc34)C2c2ccccc2C)C1=O. The summed E-state index contributed by atoms with van der Waals surface area (Å²) in [6.07, 6.45) is 1.41. The third-order valence-electron chi connectivity index (χ3n) is 6.32. The standard InChI is InChI=1S/C24H25N3O2/c1-3-12-26-14-21(28)27-20(24(26)29)13-18-17-10-6-7-11-19(17)25-22(18)23(27)16-9-5-4-8-15(16)2/h4-11,20,23,25H,3,12-14H2,1-2H3. The van der Waals surface area contributed by atoms with E-state index in [-0.39, 0.29) is 24.4 Å². The largest absolute Gasteiger partial charge is 0.356 e. The van der Waals surface area contributed by atoms with E-state index < -0.39 is 6.04 Å². The molecule has 2 aliphatic heterocycles. The van der Waals surface area contributed by atoms with Gasteiger partial charge >= 0.3 is 0 Å². The first-order valence-electron chi connectivity index (χ1n) is 10.3. The molecule has 0 spiro atoms. The molecule has 0 bridgehead atoms. The van der Waals surface area contributed by atoms with Crippen LogP contribution in [-0.4, -0.2) is 45.7 Å². The van der Waals surface area contributed by atoms with Crippen LogP contribution < -0.4 is 0 Å². The average Bonchev–Trinajstić information content (AvgIpc) is 3.09. The molecule has 3 heterocycles. The van der Waals surface area contributed by atoms with E-state index in [1.54, 1.807) is 4.90 Å². The van der Waals surface area contributed by atoms with E-state index in [4.69, 9.17) is 0 Å². The molecule has 0 radical (unpaired) electrons. The van der Waals surface area contributed by atoms with E-state index in [1.165, 1.54) is 0 Å². The fraction of sp³-hybridized carbons (Fsp3) is 0.333. The molecule has 0 aliphatic carbocycles. The molecule has 29 heavy (non-hydrogen) atoms. The van der Waals surface area contributed by atoms with Gasteiger partial charge < -0.3 is 14.8 Å². The second-order valence-electron chi connectivity index (χ2n) is 8.10. The minimum atomic E-state index is -0.445. The van der Waals surface area contributed by atoms with E-state index in [0.717, 1.165) is 39.7 Å². The number of aromatic nitrogens is 1. The molecule has 1 aromatic heterocycles. The first-order valence-corrected chi connectivity index (χ1v) is 10.3. The quantitative estimate of drug-likeness (QED) is 0.747. The molecule has 148 valence electrons. The minimum absolute atomic E-state index is 0.0283. The minimum Gasteiger partial charge on any atom is -0.356 e. The fourth-order valence-corrected chi connectivity index (χ4v) is 5.00. The Morgan fingerprint density at radius 3 is 2.62 bits per heavy atom. The molecule has 0 saturated carbocycles. The molecular weight excluding hydrogens is 362 g/mol. The fourth-order valence-electron chi connectivity index (χ4n) is 5.00. The van der Waals surface area contributed by atoms with E-state index in [9.17, 15) is 9.59 Å². The molecule has 5 heteroatoms. The average molecular weight is 387 g/mol. The number of carbonyl (C=O) groups is 2. The summed E-state index contributed by atoms with van der Waals surface area (Å²) in [5.41, 5.74) is 5.46. The molecule has 2 atom stereocenters. The Balaban J connectivity index is 1.73. The van der Waals surface area contributed by atoms with Gasteiger partial charge in [0.25, 0.3) is 0 Å². The molecule has 2 amide bonds. The maximum atomic E-state index is 13.3. The number of nitrogens with one attached hydrogen (secondary N) is 1. The van der Waals surface area contributed by atoms with Crippen LogP contribution in [0.4, 0.5) is 0 Å². The summed E-state index contributed by atoms with van der Waals surface area (Å²) in [7, 11) is 0. The third-order valence-corrected chi connectivity index (χ3v) is 6.32. The molecule has 1 fully saturated rings. The zero-order valence-electron chi connectivity index (χ0n) is 16.8. The first-order chi connectivity index (χ1) is 14.1. The van der Waals surface area contributed by atoms with Crippen LogP contribution in [0.25, 0.3) is 10.9 Å². The lowest BCUT2D eigenvalue weighted by molar-refractivity contribution is -0.158. The smallest absolute Gasteiger partial charge is 0.246 e. The van der Waals surface area contributed by atoms with E-state index in [1.807, 2.05) is 36.1 Å². The van der Waals surface area contributed by atoms with Gasteiger partial charge in [0, 0.05) is 29.6 Å².